The number of furan rings is 1. The average Bonchev–Trinajstić information content (AvgIpc) is 3.41. The second kappa shape index (κ2) is 9.68. The van der Waals surface area contributed by atoms with Gasteiger partial charge in [0.2, 0.25) is 5.91 Å². The van der Waals surface area contributed by atoms with Gasteiger partial charge in [0.05, 0.1) is 12.2 Å². The summed E-state index contributed by atoms with van der Waals surface area (Å²) in [6, 6.07) is 6.46. The van der Waals surface area contributed by atoms with Gasteiger partial charge in [-0.3, -0.25) is 14.4 Å². The third-order valence-electron chi connectivity index (χ3n) is 6.27. The summed E-state index contributed by atoms with van der Waals surface area (Å²) in [6.07, 6.45) is 3.29. The largest absolute Gasteiger partial charge is 0.480 e. The summed E-state index contributed by atoms with van der Waals surface area (Å²) in [7, 11) is 0. The van der Waals surface area contributed by atoms with Crippen molar-refractivity contribution >= 4 is 45.8 Å². The van der Waals surface area contributed by atoms with Gasteiger partial charge in [-0.15, -0.1) is 0 Å². The van der Waals surface area contributed by atoms with Gasteiger partial charge in [0.15, 0.2) is 17.2 Å². The van der Waals surface area contributed by atoms with Gasteiger partial charge in [-0.2, -0.15) is 0 Å². The van der Waals surface area contributed by atoms with Crippen LogP contribution in [0.15, 0.2) is 34.9 Å². The molecule has 31 heavy (non-hydrogen) atoms. The summed E-state index contributed by atoms with van der Waals surface area (Å²) >= 11 is 0.946. The molecule has 1 fully saturated rings. The number of carboxylic acid groups (broad SMARTS) is 1. The fraction of sp³-hybridized carbons (Fsp3) is 0.478. The quantitative estimate of drug-likeness (QED) is 0.432. The molecule has 1 aromatic heterocycles. The van der Waals surface area contributed by atoms with Gasteiger partial charge in [0.25, 0.3) is 0 Å². The Morgan fingerprint density at radius 2 is 2.06 bits per heavy atom. The summed E-state index contributed by atoms with van der Waals surface area (Å²) < 4.78 is 4.57. The second-order valence-corrected chi connectivity index (χ2v) is 9.11. The maximum Gasteiger partial charge on any atom is 0.326 e. The van der Waals surface area contributed by atoms with Gasteiger partial charge in [0, 0.05) is 28.5 Å². The smallest absolute Gasteiger partial charge is 0.326 e. The van der Waals surface area contributed by atoms with Crippen molar-refractivity contribution in [1.82, 2.24) is 4.90 Å². The topological polar surface area (TPSA) is 105 Å². The Labute approximate surface area is 185 Å². The third-order valence-corrected chi connectivity index (χ3v) is 7.55. The molecule has 2 aromatic rings. The predicted molar refractivity (Wildman–Crippen MR) is 119 cm³/mol. The molecule has 2 heterocycles. The van der Waals surface area contributed by atoms with Crippen LogP contribution in [0.25, 0.3) is 10.8 Å². The van der Waals surface area contributed by atoms with E-state index in [1.54, 1.807) is 6.07 Å². The van der Waals surface area contributed by atoms with Crippen LogP contribution in [0.2, 0.25) is 0 Å². The van der Waals surface area contributed by atoms with E-state index >= 15 is 0 Å². The maximum absolute atomic E-state index is 13.5. The van der Waals surface area contributed by atoms with E-state index in [2.05, 4.69) is 0 Å². The van der Waals surface area contributed by atoms with Gasteiger partial charge in [-0.25, -0.2) is 4.79 Å². The van der Waals surface area contributed by atoms with Crippen molar-refractivity contribution in [2.24, 2.45) is 5.92 Å². The van der Waals surface area contributed by atoms with E-state index in [0.717, 1.165) is 17.1 Å². The van der Waals surface area contributed by atoms with E-state index in [1.165, 1.54) is 11.2 Å². The van der Waals surface area contributed by atoms with E-state index in [-0.39, 0.29) is 23.9 Å². The molecule has 8 heteroatoms. The number of rotatable bonds is 10. The molecule has 0 saturated carbocycles. The highest BCUT2D eigenvalue weighted by Gasteiger charge is 2.47. The molecular weight excluding hydrogens is 418 g/mol. The van der Waals surface area contributed by atoms with Gasteiger partial charge in [-0.05, 0) is 25.7 Å². The maximum atomic E-state index is 13.5. The summed E-state index contributed by atoms with van der Waals surface area (Å²) in [6.45, 7) is 4.05. The zero-order chi connectivity index (χ0) is 22.6. The molecule has 1 N–H and O–H groups in total. The Morgan fingerprint density at radius 3 is 2.71 bits per heavy atom. The lowest BCUT2D eigenvalue weighted by Crippen LogP contribution is -2.50. The second-order valence-electron chi connectivity index (χ2n) is 7.87. The number of amides is 1. The number of ketones is 1. The van der Waals surface area contributed by atoms with Crippen LogP contribution >= 0.6 is 11.8 Å². The molecule has 3 atom stereocenters. The minimum Gasteiger partial charge on any atom is -0.480 e. The zero-order valence-corrected chi connectivity index (χ0v) is 18.5. The Bertz CT molecular complexity index is 985. The fourth-order valence-electron chi connectivity index (χ4n) is 4.62. The number of carbonyl (C=O) groups excluding carboxylic acids is 3. The van der Waals surface area contributed by atoms with Crippen molar-refractivity contribution in [3.63, 3.8) is 0 Å². The number of thioether (sulfide) groups is 1. The number of nitrogens with zero attached hydrogens (tertiary/aromatic N) is 1. The SMILES string of the molecule is CCC(C(=O)N1CCC[C@H]1C(=O)O)C(CC)(CC(=O)c1occ2ccccc12)SC=O. The van der Waals surface area contributed by atoms with Crippen molar-refractivity contribution in [3.05, 3.63) is 36.3 Å². The highest BCUT2D eigenvalue weighted by Crippen LogP contribution is 2.43. The van der Waals surface area contributed by atoms with Gasteiger partial charge < -0.3 is 14.4 Å². The molecule has 1 aliphatic rings. The number of Topliss-reactive ketones (excluding diaryl/α,β-unsaturated/α-hetero) is 1. The molecule has 0 aliphatic carbocycles. The van der Waals surface area contributed by atoms with Crippen LogP contribution in [0.5, 0.6) is 0 Å². The van der Waals surface area contributed by atoms with Crippen LogP contribution in [0, 0.1) is 5.92 Å². The minimum absolute atomic E-state index is 0.0553. The Morgan fingerprint density at radius 1 is 1.32 bits per heavy atom. The predicted octanol–water partition coefficient (Wildman–Crippen LogP) is 4.18. The van der Waals surface area contributed by atoms with Crippen molar-refractivity contribution in [3.8, 4) is 0 Å². The Hall–Kier alpha value is -2.61. The number of hydrogen-bond donors (Lipinski definition) is 1. The molecule has 1 aromatic carbocycles. The van der Waals surface area contributed by atoms with E-state index in [1.807, 2.05) is 32.0 Å². The van der Waals surface area contributed by atoms with Crippen LogP contribution in [-0.2, 0) is 14.4 Å². The van der Waals surface area contributed by atoms with Gasteiger partial charge in [-0.1, -0.05) is 49.9 Å². The van der Waals surface area contributed by atoms with E-state index < -0.39 is 22.7 Å². The molecular formula is C23H27NO6S. The number of hydrogen-bond acceptors (Lipinski definition) is 6. The third kappa shape index (κ3) is 4.39. The number of benzene rings is 1. The summed E-state index contributed by atoms with van der Waals surface area (Å²) in [5.74, 6) is -2.06. The average molecular weight is 446 g/mol. The molecule has 0 spiro atoms. The Balaban J connectivity index is 1.94. The lowest BCUT2D eigenvalue weighted by atomic mass is 9.81. The molecule has 0 radical (unpaired) electrons. The highest BCUT2D eigenvalue weighted by molar-refractivity contribution is 8.13. The fourth-order valence-corrected chi connectivity index (χ4v) is 5.62. The van der Waals surface area contributed by atoms with E-state index in [9.17, 15) is 24.3 Å². The molecule has 3 rings (SSSR count). The monoisotopic (exact) mass is 445 g/mol. The number of carboxylic acids is 1. The van der Waals surface area contributed by atoms with E-state index in [0.29, 0.717) is 43.2 Å². The van der Waals surface area contributed by atoms with Crippen molar-refractivity contribution in [2.45, 2.75) is 56.7 Å². The van der Waals surface area contributed by atoms with Gasteiger partial charge in [0.1, 0.15) is 6.04 Å². The number of aliphatic carboxylic acids is 1. The summed E-state index contributed by atoms with van der Waals surface area (Å²) in [4.78, 5) is 51.3. The van der Waals surface area contributed by atoms with Crippen LogP contribution in [0.3, 0.4) is 0 Å². The molecule has 7 nitrogen and oxygen atoms in total. The van der Waals surface area contributed by atoms with Crippen LogP contribution in [0.4, 0.5) is 0 Å². The first-order valence-corrected chi connectivity index (χ1v) is 11.4. The summed E-state index contributed by atoms with van der Waals surface area (Å²) in [5, 5.41) is 11.0. The van der Waals surface area contributed by atoms with Crippen molar-refractivity contribution in [2.75, 3.05) is 6.54 Å². The van der Waals surface area contributed by atoms with Gasteiger partial charge >= 0.3 is 5.97 Å². The van der Waals surface area contributed by atoms with Crippen molar-refractivity contribution in [1.29, 1.82) is 0 Å². The van der Waals surface area contributed by atoms with Crippen LogP contribution in [0.1, 0.15) is 56.5 Å². The molecule has 1 aliphatic heterocycles. The lowest BCUT2D eigenvalue weighted by Gasteiger charge is -2.39. The normalized spacial score (nSPS) is 19.2. The number of carbonyl (C=O) groups is 4. The molecule has 166 valence electrons. The first-order chi connectivity index (χ1) is 14.9. The highest BCUT2D eigenvalue weighted by atomic mass is 32.2. The standard InChI is InChI=1S/C23H27NO6S/c1-3-17(21(27)24-11-7-10-18(24)22(28)29)23(4-2,31-14-25)12-19(26)20-16-9-6-5-8-15(16)13-30-20/h5-6,8-9,13-14,17-18H,3-4,7,10-12H2,1-2H3,(H,28,29)/t17?,18-,23?/m0/s1. The van der Waals surface area contributed by atoms with Crippen LogP contribution < -0.4 is 0 Å². The first-order valence-electron chi connectivity index (χ1n) is 10.5. The first kappa shape index (κ1) is 23.1. The number of fused-ring (bicyclic) bond motifs is 1. The van der Waals surface area contributed by atoms with E-state index in [4.69, 9.17) is 4.42 Å². The van der Waals surface area contributed by atoms with Crippen molar-refractivity contribution < 1.29 is 28.7 Å². The molecule has 2 unspecified atom stereocenters. The minimum atomic E-state index is -1.02. The molecule has 1 saturated heterocycles. The Kier molecular flexibility index (Phi) is 7.20. The summed E-state index contributed by atoms with van der Waals surface area (Å²) in [5.41, 5.74) is 0.672. The number of likely N-dealkylation sites (tertiary alicyclic amines) is 1. The zero-order valence-electron chi connectivity index (χ0n) is 17.7. The molecule has 0 bridgehead atoms. The van der Waals surface area contributed by atoms with Crippen LogP contribution in [-0.4, -0.2) is 50.6 Å². The molecule has 1 amide bonds. The lowest BCUT2D eigenvalue weighted by molar-refractivity contribution is -0.150.